The average Bonchev–Trinajstić information content (AvgIpc) is 2.84. The lowest BCUT2D eigenvalue weighted by molar-refractivity contribution is 0.252. The zero-order chi connectivity index (χ0) is 25.3. The fourth-order valence-electron chi connectivity index (χ4n) is 4.56. The summed E-state index contributed by atoms with van der Waals surface area (Å²) in [6, 6.07) is 12.6. The van der Waals surface area contributed by atoms with Gasteiger partial charge in [0, 0.05) is 12.1 Å². The summed E-state index contributed by atoms with van der Waals surface area (Å²) in [5.41, 5.74) is 3.66. The summed E-state index contributed by atoms with van der Waals surface area (Å²) < 4.78 is 10.9. The van der Waals surface area contributed by atoms with E-state index in [4.69, 9.17) is 9.47 Å². The van der Waals surface area contributed by atoms with Crippen LogP contribution in [0, 0.1) is 24.2 Å². The summed E-state index contributed by atoms with van der Waals surface area (Å²) in [4.78, 5) is 2.30. The third kappa shape index (κ3) is 6.29. The van der Waals surface area contributed by atoms with Gasteiger partial charge in [-0.15, -0.1) is 0 Å². The van der Waals surface area contributed by atoms with Crippen molar-refractivity contribution in [3.8, 4) is 17.6 Å². The second kappa shape index (κ2) is 12.8. The summed E-state index contributed by atoms with van der Waals surface area (Å²) >= 11 is 0. The van der Waals surface area contributed by atoms with E-state index >= 15 is 0 Å². The molecule has 0 radical (unpaired) electrons. The molecule has 0 heterocycles. The number of benzene rings is 2. The average molecular weight is 469 g/mol. The fraction of sp³-hybridized carbons (Fsp3) is 0.536. The van der Waals surface area contributed by atoms with Gasteiger partial charge in [0.15, 0.2) is 0 Å². The highest BCUT2D eigenvalue weighted by Gasteiger charge is 2.36. The van der Waals surface area contributed by atoms with E-state index in [0.717, 1.165) is 42.8 Å². The van der Waals surface area contributed by atoms with Crippen LogP contribution in [0.15, 0.2) is 30.3 Å². The number of rotatable bonds is 13. The Morgan fingerprint density at radius 2 is 1.74 bits per heavy atom. The highest BCUT2D eigenvalue weighted by Crippen LogP contribution is 2.40. The molecule has 0 saturated heterocycles. The normalized spacial score (nSPS) is 13.1. The molecule has 2 rings (SSSR count). The first-order valence-electron chi connectivity index (χ1n) is 11.9. The molecule has 0 amide bonds. The lowest BCUT2D eigenvalue weighted by Crippen LogP contribution is -2.33. The van der Waals surface area contributed by atoms with Crippen LogP contribution in [0.4, 0.5) is 0 Å². The number of nitriles is 1. The smallest absolute Gasteiger partial charge is 0.125 e. The Labute approximate surface area is 204 Å². The van der Waals surface area contributed by atoms with Crippen molar-refractivity contribution >= 4 is 0 Å². The number of ether oxygens (including phenoxy) is 2. The fourth-order valence-corrected chi connectivity index (χ4v) is 4.56. The zero-order valence-electron chi connectivity index (χ0n) is 21.5. The first-order chi connectivity index (χ1) is 16.3. The van der Waals surface area contributed by atoms with Gasteiger partial charge in [-0.05, 0) is 80.1 Å². The maximum atomic E-state index is 10.3. The van der Waals surface area contributed by atoms with Gasteiger partial charge in [0.1, 0.15) is 11.5 Å². The van der Waals surface area contributed by atoms with E-state index in [-0.39, 0.29) is 19.1 Å². The number of aliphatic hydroxyl groups is 2. The maximum Gasteiger partial charge on any atom is 0.125 e. The first kappa shape index (κ1) is 27.7. The predicted molar refractivity (Wildman–Crippen MR) is 135 cm³/mol. The van der Waals surface area contributed by atoms with E-state index in [9.17, 15) is 15.5 Å². The van der Waals surface area contributed by atoms with Crippen LogP contribution >= 0.6 is 0 Å². The highest BCUT2D eigenvalue weighted by atomic mass is 16.5. The molecule has 2 N–H and O–H groups in total. The van der Waals surface area contributed by atoms with Gasteiger partial charge in [0.2, 0.25) is 0 Å². The predicted octanol–water partition coefficient (Wildman–Crippen LogP) is 4.37. The number of hydrogen-bond donors (Lipinski definition) is 2. The van der Waals surface area contributed by atoms with Crippen molar-refractivity contribution in [3.05, 3.63) is 58.1 Å². The maximum absolute atomic E-state index is 10.3. The summed E-state index contributed by atoms with van der Waals surface area (Å²) in [5, 5.41) is 29.9. The quantitative estimate of drug-likeness (QED) is 0.454. The summed E-state index contributed by atoms with van der Waals surface area (Å²) in [5.74, 6) is 1.50. The molecular weight excluding hydrogens is 428 g/mol. The van der Waals surface area contributed by atoms with Crippen molar-refractivity contribution in [1.82, 2.24) is 4.90 Å². The summed E-state index contributed by atoms with van der Waals surface area (Å²) in [6.45, 7) is 7.51. The molecule has 1 unspecified atom stereocenters. The van der Waals surface area contributed by atoms with Crippen LogP contribution in [0.25, 0.3) is 0 Å². The molecule has 0 fully saturated rings. The molecule has 1 atom stereocenters. The minimum absolute atomic E-state index is 0.0686. The molecule has 0 bridgehead atoms. The van der Waals surface area contributed by atoms with Crippen LogP contribution < -0.4 is 9.47 Å². The number of methoxy groups -OCH3 is 2. The van der Waals surface area contributed by atoms with Gasteiger partial charge in [0.25, 0.3) is 0 Å². The Morgan fingerprint density at radius 1 is 1.03 bits per heavy atom. The molecule has 0 aliphatic rings. The van der Waals surface area contributed by atoms with E-state index in [1.165, 1.54) is 5.56 Å². The number of aryl methyl sites for hydroxylation is 1. The molecule has 186 valence electrons. The molecule has 0 saturated carbocycles. The largest absolute Gasteiger partial charge is 0.496 e. The Hall–Kier alpha value is -2.59. The van der Waals surface area contributed by atoms with Gasteiger partial charge in [-0.25, -0.2) is 0 Å². The summed E-state index contributed by atoms with van der Waals surface area (Å²) in [6.07, 6.45) is 2.48. The molecule has 2 aromatic carbocycles. The van der Waals surface area contributed by atoms with Crippen molar-refractivity contribution < 1.29 is 19.7 Å². The van der Waals surface area contributed by atoms with Gasteiger partial charge < -0.3 is 24.6 Å². The van der Waals surface area contributed by atoms with Crippen LogP contribution in [-0.4, -0.2) is 49.5 Å². The Balaban J connectivity index is 2.12. The number of nitrogens with zero attached hydrogens (tertiary/aromatic N) is 2. The molecule has 0 aromatic heterocycles. The van der Waals surface area contributed by atoms with Gasteiger partial charge in [-0.3, -0.25) is 0 Å². The van der Waals surface area contributed by atoms with Gasteiger partial charge in [-0.2, -0.15) is 5.26 Å². The highest BCUT2D eigenvalue weighted by molar-refractivity contribution is 5.48. The Bertz CT molecular complexity index is 958. The first-order valence-corrected chi connectivity index (χ1v) is 11.9. The monoisotopic (exact) mass is 468 g/mol. The van der Waals surface area contributed by atoms with Gasteiger partial charge >= 0.3 is 0 Å². The molecule has 34 heavy (non-hydrogen) atoms. The van der Waals surface area contributed by atoms with E-state index in [1.54, 1.807) is 14.2 Å². The van der Waals surface area contributed by atoms with Gasteiger partial charge in [0.05, 0.1) is 38.9 Å². The lowest BCUT2D eigenvalue weighted by Gasteiger charge is -2.33. The third-order valence-corrected chi connectivity index (χ3v) is 6.92. The molecular formula is C28H40N2O4. The van der Waals surface area contributed by atoms with E-state index < -0.39 is 5.41 Å². The van der Waals surface area contributed by atoms with E-state index in [0.29, 0.717) is 23.3 Å². The number of likely N-dealkylation sites (N-methyl/N-ethyl adjacent to an activating group) is 1. The van der Waals surface area contributed by atoms with Crippen LogP contribution in [-0.2, 0) is 25.0 Å². The van der Waals surface area contributed by atoms with E-state index in [1.807, 2.05) is 19.1 Å². The van der Waals surface area contributed by atoms with Crippen molar-refractivity contribution in [2.24, 2.45) is 5.92 Å². The van der Waals surface area contributed by atoms with Crippen LogP contribution in [0.5, 0.6) is 11.5 Å². The van der Waals surface area contributed by atoms with Crippen molar-refractivity contribution in [3.63, 3.8) is 0 Å². The SMILES string of the molecule is COc1cc(CCN(C)CCCC(C#N)(c2cc(CO)c(CO)c(OC)c2)C(C)C)ccc1C. The minimum Gasteiger partial charge on any atom is -0.496 e. The van der Waals surface area contributed by atoms with Crippen LogP contribution in [0.2, 0.25) is 0 Å². The Kier molecular flexibility index (Phi) is 10.4. The van der Waals surface area contributed by atoms with Crippen LogP contribution in [0.3, 0.4) is 0 Å². The molecule has 0 spiro atoms. The second-order valence-electron chi connectivity index (χ2n) is 9.33. The molecule has 2 aromatic rings. The van der Waals surface area contributed by atoms with Gasteiger partial charge in [-0.1, -0.05) is 32.0 Å². The Morgan fingerprint density at radius 3 is 2.29 bits per heavy atom. The third-order valence-electron chi connectivity index (χ3n) is 6.92. The summed E-state index contributed by atoms with van der Waals surface area (Å²) in [7, 11) is 5.35. The molecule has 6 heteroatoms. The molecule has 6 nitrogen and oxygen atoms in total. The second-order valence-corrected chi connectivity index (χ2v) is 9.33. The van der Waals surface area contributed by atoms with E-state index in [2.05, 4.69) is 50.1 Å². The van der Waals surface area contributed by atoms with Crippen molar-refractivity contribution in [2.75, 3.05) is 34.4 Å². The topological polar surface area (TPSA) is 86.0 Å². The number of hydrogen-bond acceptors (Lipinski definition) is 6. The number of aliphatic hydroxyl groups excluding tert-OH is 2. The lowest BCUT2D eigenvalue weighted by atomic mass is 9.69. The van der Waals surface area contributed by atoms with Crippen molar-refractivity contribution in [1.29, 1.82) is 5.26 Å². The standard InChI is InChI=1S/C28H40N2O4/c1-20(2)28(19-29,24-15-23(17-31)25(18-32)27(16-24)34-6)11-7-12-30(4)13-10-22-9-8-21(3)26(14-22)33-5/h8-9,14-16,20,31-32H,7,10-13,17-18H2,1-6H3. The molecule has 0 aliphatic carbocycles. The van der Waals surface area contributed by atoms with Crippen molar-refractivity contribution in [2.45, 2.75) is 58.7 Å². The molecule has 0 aliphatic heterocycles. The minimum atomic E-state index is -0.712. The zero-order valence-corrected chi connectivity index (χ0v) is 21.5. The van der Waals surface area contributed by atoms with Crippen LogP contribution in [0.1, 0.15) is 54.5 Å².